The minimum Gasteiger partial charge on any atom is -0.384 e. The van der Waals surface area contributed by atoms with Crippen molar-refractivity contribution < 1.29 is 4.39 Å². The molecule has 0 aliphatic rings. The molecule has 0 unspecified atom stereocenters. The van der Waals surface area contributed by atoms with Crippen molar-refractivity contribution in [1.82, 2.24) is 4.98 Å². The molecule has 0 atom stereocenters. The van der Waals surface area contributed by atoms with Gasteiger partial charge in [-0.3, -0.25) is 4.98 Å². The van der Waals surface area contributed by atoms with Gasteiger partial charge in [-0.05, 0) is 31.5 Å². The Bertz CT molecular complexity index is 614. The number of nitriles is 1. The van der Waals surface area contributed by atoms with E-state index >= 15 is 0 Å². The van der Waals surface area contributed by atoms with Gasteiger partial charge in [-0.1, -0.05) is 0 Å². The van der Waals surface area contributed by atoms with Crippen molar-refractivity contribution in [3.8, 4) is 6.07 Å². The van der Waals surface area contributed by atoms with E-state index in [9.17, 15) is 4.39 Å². The van der Waals surface area contributed by atoms with Crippen LogP contribution in [0, 0.1) is 24.1 Å². The van der Waals surface area contributed by atoms with E-state index in [-0.39, 0.29) is 5.82 Å². The van der Waals surface area contributed by atoms with E-state index in [1.807, 2.05) is 6.92 Å². The highest BCUT2D eigenvalue weighted by atomic mass is 19.1. The first-order valence-corrected chi connectivity index (χ1v) is 5.40. The molecular weight excluding hydrogens is 217 g/mol. The largest absolute Gasteiger partial charge is 0.384 e. The molecule has 0 amide bonds. The average Bonchev–Trinajstić information content (AvgIpc) is 2.30. The first-order chi connectivity index (χ1) is 8.17. The van der Waals surface area contributed by atoms with E-state index in [0.717, 1.165) is 11.1 Å². The fraction of sp³-hybridized carbons (Fsp3) is 0.231. The summed E-state index contributed by atoms with van der Waals surface area (Å²) >= 11 is 0. The molecule has 2 aromatic rings. The second kappa shape index (κ2) is 4.38. The number of benzene rings is 1. The van der Waals surface area contributed by atoms with Gasteiger partial charge < -0.3 is 5.32 Å². The molecule has 0 aliphatic heterocycles. The Morgan fingerprint density at radius 1 is 1.47 bits per heavy atom. The lowest BCUT2D eigenvalue weighted by atomic mass is 10.1. The summed E-state index contributed by atoms with van der Waals surface area (Å²) in [6, 6.07) is 4.92. The second-order valence-electron chi connectivity index (χ2n) is 3.81. The third kappa shape index (κ3) is 1.92. The molecule has 3 nitrogen and oxygen atoms in total. The zero-order valence-corrected chi connectivity index (χ0v) is 9.71. The normalized spacial score (nSPS) is 10.2. The van der Waals surface area contributed by atoms with Crippen LogP contribution in [-0.4, -0.2) is 11.5 Å². The fourth-order valence-corrected chi connectivity index (χ4v) is 1.89. The smallest absolute Gasteiger partial charge is 0.124 e. The van der Waals surface area contributed by atoms with E-state index in [1.54, 1.807) is 6.92 Å². The number of aromatic nitrogens is 1. The predicted octanol–water partition coefficient (Wildman–Crippen LogP) is 2.99. The molecule has 2 rings (SSSR count). The van der Waals surface area contributed by atoms with Gasteiger partial charge in [0.05, 0.1) is 16.8 Å². The molecule has 0 fully saturated rings. The van der Waals surface area contributed by atoms with E-state index < -0.39 is 0 Å². The van der Waals surface area contributed by atoms with Gasteiger partial charge in [-0.25, -0.2) is 4.39 Å². The molecule has 0 spiro atoms. The molecule has 0 saturated heterocycles. The van der Waals surface area contributed by atoms with Crippen LogP contribution < -0.4 is 5.32 Å². The summed E-state index contributed by atoms with van der Waals surface area (Å²) in [5.74, 6) is -0.314. The lowest BCUT2D eigenvalue weighted by Crippen LogP contribution is -2.02. The van der Waals surface area contributed by atoms with Crippen molar-refractivity contribution in [2.24, 2.45) is 0 Å². The van der Waals surface area contributed by atoms with Gasteiger partial charge in [-0.2, -0.15) is 5.26 Å². The SMILES string of the molecule is CCNc1c(C#N)cnc2c(C)cc(F)cc12. The van der Waals surface area contributed by atoms with Gasteiger partial charge in [0.1, 0.15) is 11.9 Å². The Labute approximate surface area is 98.9 Å². The van der Waals surface area contributed by atoms with Crippen LogP contribution in [0.1, 0.15) is 18.1 Å². The van der Waals surface area contributed by atoms with Crippen LogP contribution in [0.25, 0.3) is 10.9 Å². The summed E-state index contributed by atoms with van der Waals surface area (Å²) in [5.41, 5.74) is 2.58. The van der Waals surface area contributed by atoms with E-state index in [1.165, 1.54) is 18.3 Å². The molecule has 0 aliphatic carbocycles. The summed E-state index contributed by atoms with van der Waals surface area (Å²) in [7, 11) is 0. The zero-order valence-electron chi connectivity index (χ0n) is 9.71. The third-order valence-corrected chi connectivity index (χ3v) is 2.60. The van der Waals surface area contributed by atoms with E-state index in [4.69, 9.17) is 5.26 Å². The minimum absolute atomic E-state index is 0.314. The number of anilines is 1. The molecule has 4 heteroatoms. The fourth-order valence-electron chi connectivity index (χ4n) is 1.89. The Morgan fingerprint density at radius 2 is 2.24 bits per heavy atom. The molecule has 1 heterocycles. The number of aryl methyl sites for hydroxylation is 1. The van der Waals surface area contributed by atoms with E-state index in [2.05, 4.69) is 16.4 Å². The summed E-state index contributed by atoms with van der Waals surface area (Å²) in [6.07, 6.45) is 1.52. The monoisotopic (exact) mass is 229 g/mol. The third-order valence-electron chi connectivity index (χ3n) is 2.60. The maximum atomic E-state index is 13.4. The molecule has 86 valence electrons. The summed E-state index contributed by atoms with van der Waals surface area (Å²) < 4.78 is 13.4. The van der Waals surface area contributed by atoms with Gasteiger partial charge in [0.25, 0.3) is 0 Å². The number of rotatable bonds is 2. The number of nitrogens with zero attached hydrogens (tertiary/aromatic N) is 2. The van der Waals surface area contributed by atoms with Crippen LogP contribution in [0.15, 0.2) is 18.3 Å². The standard InChI is InChI=1S/C13H12FN3/c1-3-16-13-9(6-15)7-17-12-8(2)4-10(14)5-11(12)13/h4-5,7H,3H2,1-2H3,(H,16,17). The lowest BCUT2D eigenvalue weighted by Gasteiger charge is -2.10. The van der Waals surface area contributed by atoms with Gasteiger partial charge in [-0.15, -0.1) is 0 Å². The highest BCUT2D eigenvalue weighted by molar-refractivity contribution is 5.95. The number of pyridine rings is 1. The van der Waals surface area contributed by atoms with Crippen molar-refractivity contribution in [2.75, 3.05) is 11.9 Å². The van der Waals surface area contributed by atoms with E-state index in [0.29, 0.717) is 23.2 Å². The van der Waals surface area contributed by atoms with Crippen molar-refractivity contribution in [2.45, 2.75) is 13.8 Å². The van der Waals surface area contributed by atoms with Crippen molar-refractivity contribution in [3.63, 3.8) is 0 Å². The first-order valence-electron chi connectivity index (χ1n) is 5.40. The quantitative estimate of drug-likeness (QED) is 0.861. The molecule has 17 heavy (non-hydrogen) atoms. The number of nitrogens with one attached hydrogen (secondary N) is 1. The Hall–Kier alpha value is -2.15. The number of hydrogen-bond acceptors (Lipinski definition) is 3. The highest BCUT2D eigenvalue weighted by Gasteiger charge is 2.10. The van der Waals surface area contributed by atoms with Crippen LogP contribution in [0.4, 0.5) is 10.1 Å². The van der Waals surface area contributed by atoms with Crippen molar-refractivity contribution >= 4 is 16.6 Å². The average molecular weight is 229 g/mol. The van der Waals surface area contributed by atoms with Crippen LogP contribution in [0.2, 0.25) is 0 Å². The van der Waals surface area contributed by atoms with Crippen LogP contribution in [-0.2, 0) is 0 Å². The summed E-state index contributed by atoms with van der Waals surface area (Å²) in [4.78, 5) is 4.21. The lowest BCUT2D eigenvalue weighted by molar-refractivity contribution is 0.628. The number of halogens is 1. The maximum absolute atomic E-state index is 13.4. The molecule has 0 radical (unpaired) electrons. The maximum Gasteiger partial charge on any atom is 0.124 e. The summed E-state index contributed by atoms with van der Waals surface area (Å²) in [5, 5.41) is 12.8. The Morgan fingerprint density at radius 3 is 2.88 bits per heavy atom. The van der Waals surface area contributed by atoms with Crippen LogP contribution in [0.5, 0.6) is 0 Å². The van der Waals surface area contributed by atoms with Gasteiger partial charge >= 0.3 is 0 Å². The first kappa shape index (κ1) is 11.3. The second-order valence-corrected chi connectivity index (χ2v) is 3.81. The highest BCUT2D eigenvalue weighted by Crippen LogP contribution is 2.28. The zero-order chi connectivity index (χ0) is 12.4. The predicted molar refractivity (Wildman–Crippen MR) is 65.3 cm³/mol. The Kier molecular flexibility index (Phi) is 2.92. The van der Waals surface area contributed by atoms with Crippen LogP contribution >= 0.6 is 0 Å². The number of fused-ring (bicyclic) bond motifs is 1. The summed E-state index contributed by atoms with van der Waals surface area (Å²) in [6.45, 7) is 4.41. The molecule has 0 bridgehead atoms. The minimum atomic E-state index is -0.314. The Balaban J connectivity index is 2.84. The topological polar surface area (TPSA) is 48.7 Å². The number of hydrogen-bond donors (Lipinski definition) is 1. The molecule has 1 aromatic carbocycles. The van der Waals surface area contributed by atoms with Gasteiger partial charge in [0, 0.05) is 18.1 Å². The molecule has 0 saturated carbocycles. The van der Waals surface area contributed by atoms with Crippen molar-refractivity contribution in [3.05, 3.63) is 35.3 Å². The van der Waals surface area contributed by atoms with Gasteiger partial charge in [0.15, 0.2) is 0 Å². The van der Waals surface area contributed by atoms with Crippen molar-refractivity contribution in [1.29, 1.82) is 5.26 Å². The van der Waals surface area contributed by atoms with Gasteiger partial charge in [0.2, 0.25) is 0 Å². The molecule has 1 N–H and O–H groups in total. The van der Waals surface area contributed by atoms with Crippen LogP contribution in [0.3, 0.4) is 0 Å². The molecular formula is C13H12FN3. The molecule has 1 aromatic heterocycles.